The number of aromatic nitrogens is 4. The van der Waals surface area contributed by atoms with Crippen molar-refractivity contribution in [3.63, 3.8) is 0 Å². The largest absolute Gasteiger partial charge is 0.477 e. The number of hydrogen-bond acceptors (Lipinski definition) is 5. The van der Waals surface area contributed by atoms with Gasteiger partial charge in [-0.15, -0.1) is 0 Å². The summed E-state index contributed by atoms with van der Waals surface area (Å²) in [6, 6.07) is 8.22. The van der Waals surface area contributed by atoms with Crippen LogP contribution in [-0.2, 0) is 17.8 Å². The molecule has 146 valence electrons. The molecule has 1 N–H and O–H groups in total. The molecule has 3 aromatic rings. The van der Waals surface area contributed by atoms with Crippen LogP contribution in [0.2, 0.25) is 0 Å². The van der Waals surface area contributed by atoms with E-state index in [1.54, 1.807) is 10.9 Å². The molecule has 3 heterocycles. The third-order valence-corrected chi connectivity index (χ3v) is 4.76. The molecule has 2 aromatic heterocycles. The summed E-state index contributed by atoms with van der Waals surface area (Å²) in [5, 5.41) is 18.4. The Balaban J connectivity index is 1.48. The van der Waals surface area contributed by atoms with Crippen LogP contribution >= 0.6 is 0 Å². The molecule has 0 unspecified atom stereocenters. The standard InChI is InChI=1S/C20H23N5O3/c1-15-10-21-24(11-15)12-16-2-4-17(5-3-16)13-25-14-18(20(26)27)19(22-25)23-6-8-28-9-7-23/h2-5,10-11,14H,6-9,12-13H2,1H3,(H,26,27). The first-order chi connectivity index (χ1) is 13.6. The highest BCUT2D eigenvalue weighted by molar-refractivity contribution is 5.93. The van der Waals surface area contributed by atoms with Crippen molar-refractivity contribution in [2.75, 3.05) is 31.2 Å². The van der Waals surface area contributed by atoms with Gasteiger partial charge in [0.15, 0.2) is 5.82 Å². The molecule has 0 radical (unpaired) electrons. The van der Waals surface area contributed by atoms with Crippen molar-refractivity contribution in [3.8, 4) is 0 Å². The molecule has 8 heteroatoms. The van der Waals surface area contributed by atoms with Crippen LogP contribution in [0.3, 0.4) is 0 Å². The molecule has 1 aliphatic heterocycles. The maximum atomic E-state index is 11.6. The van der Waals surface area contributed by atoms with Gasteiger partial charge in [0.25, 0.3) is 0 Å². The van der Waals surface area contributed by atoms with Gasteiger partial charge >= 0.3 is 5.97 Å². The molecule has 0 amide bonds. The van der Waals surface area contributed by atoms with Crippen molar-refractivity contribution < 1.29 is 14.6 Å². The van der Waals surface area contributed by atoms with E-state index in [4.69, 9.17) is 4.74 Å². The average molecular weight is 381 g/mol. The fourth-order valence-electron chi connectivity index (χ4n) is 3.33. The van der Waals surface area contributed by atoms with Gasteiger partial charge in [-0.1, -0.05) is 24.3 Å². The third kappa shape index (κ3) is 4.07. The molecule has 0 bridgehead atoms. The molecular formula is C20H23N5O3. The number of rotatable bonds is 6. The van der Waals surface area contributed by atoms with Crippen molar-refractivity contribution in [2.24, 2.45) is 0 Å². The van der Waals surface area contributed by atoms with E-state index in [9.17, 15) is 9.90 Å². The Labute approximate surface area is 163 Å². The second-order valence-corrected chi connectivity index (χ2v) is 7.00. The Morgan fingerprint density at radius 2 is 1.71 bits per heavy atom. The van der Waals surface area contributed by atoms with Gasteiger partial charge in [-0.25, -0.2) is 4.79 Å². The highest BCUT2D eigenvalue weighted by atomic mass is 16.5. The molecule has 0 aliphatic carbocycles. The molecule has 8 nitrogen and oxygen atoms in total. The SMILES string of the molecule is Cc1cnn(Cc2ccc(Cn3cc(C(=O)O)c(N4CCOCC4)n3)cc2)c1. The lowest BCUT2D eigenvalue weighted by Crippen LogP contribution is -2.37. The van der Waals surface area contributed by atoms with Crippen LogP contribution < -0.4 is 4.90 Å². The Kier molecular flexibility index (Phi) is 5.12. The fraction of sp³-hybridized carbons (Fsp3) is 0.350. The zero-order valence-electron chi connectivity index (χ0n) is 15.8. The van der Waals surface area contributed by atoms with E-state index in [1.807, 2.05) is 41.0 Å². The number of ether oxygens (including phenoxy) is 1. The summed E-state index contributed by atoms with van der Waals surface area (Å²) in [6.45, 7) is 5.74. The lowest BCUT2D eigenvalue weighted by Gasteiger charge is -2.27. The number of carbonyl (C=O) groups is 1. The zero-order chi connectivity index (χ0) is 19.5. The fourth-order valence-corrected chi connectivity index (χ4v) is 3.33. The smallest absolute Gasteiger partial charge is 0.341 e. The minimum Gasteiger partial charge on any atom is -0.477 e. The number of carboxylic acid groups (broad SMARTS) is 1. The first-order valence-electron chi connectivity index (χ1n) is 9.29. The van der Waals surface area contributed by atoms with E-state index in [2.05, 4.69) is 22.3 Å². The molecule has 1 saturated heterocycles. The quantitative estimate of drug-likeness (QED) is 0.703. The van der Waals surface area contributed by atoms with Gasteiger partial charge in [0, 0.05) is 25.5 Å². The monoisotopic (exact) mass is 381 g/mol. The van der Waals surface area contributed by atoms with E-state index in [0.717, 1.165) is 23.2 Å². The average Bonchev–Trinajstić information content (AvgIpc) is 3.30. The minimum absolute atomic E-state index is 0.229. The lowest BCUT2D eigenvalue weighted by atomic mass is 10.1. The summed E-state index contributed by atoms with van der Waals surface area (Å²) >= 11 is 0. The van der Waals surface area contributed by atoms with E-state index in [1.165, 1.54) is 0 Å². The summed E-state index contributed by atoms with van der Waals surface area (Å²) in [7, 11) is 0. The molecule has 1 aromatic carbocycles. The highest BCUT2D eigenvalue weighted by Crippen LogP contribution is 2.20. The van der Waals surface area contributed by atoms with Gasteiger partial charge in [0.2, 0.25) is 0 Å². The van der Waals surface area contributed by atoms with Crippen LogP contribution in [0.25, 0.3) is 0 Å². The molecule has 0 atom stereocenters. The normalized spacial score (nSPS) is 14.4. The Morgan fingerprint density at radius 3 is 2.29 bits per heavy atom. The van der Waals surface area contributed by atoms with Crippen LogP contribution in [0.1, 0.15) is 27.0 Å². The molecule has 28 heavy (non-hydrogen) atoms. The van der Waals surface area contributed by atoms with Crippen LogP contribution in [0.4, 0.5) is 5.82 Å². The lowest BCUT2D eigenvalue weighted by molar-refractivity contribution is 0.0696. The number of anilines is 1. The number of aromatic carboxylic acids is 1. The van der Waals surface area contributed by atoms with Gasteiger partial charge in [0.05, 0.1) is 32.5 Å². The van der Waals surface area contributed by atoms with Crippen LogP contribution in [-0.4, -0.2) is 56.9 Å². The maximum Gasteiger partial charge on any atom is 0.341 e. The highest BCUT2D eigenvalue weighted by Gasteiger charge is 2.22. The maximum absolute atomic E-state index is 11.6. The number of benzene rings is 1. The summed E-state index contributed by atoms with van der Waals surface area (Å²) < 4.78 is 8.95. The van der Waals surface area contributed by atoms with E-state index >= 15 is 0 Å². The topological polar surface area (TPSA) is 85.4 Å². The number of morpholine rings is 1. The van der Waals surface area contributed by atoms with E-state index in [0.29, 0.717) is 38.7 Å². The third-order valence-electron chi connectivity index (χ3n) is 4.76. The van der Waals surface area contributed by atoms with Crippen LogP contribution in [0.15, 0.2) is 42.9 Å². The van der Waals surface area contributed by atoms with Crippen LogP contribution in [0.5, 0.6) is 0 Å². The number of carboxylic acids is 1. The minimum atomic E-state index is -0.961. The van der Waals surface area contributed by atoms with Crippen molar-refractivity contribution in [3.05, 3.63) is 65.1 Å². The van der Waals surface area contributed by atoms with Gasteiger partial charge in [0.1, 0.15) is 5.56 Å². The summed E-state index contributed by atoms with van der Waals surface area (Å²) in [4.78, 5) is 13.6. The summed E-state index contributed by atoms with van der Waals surface area (Å²) in [5.74, 6) is -0.445. The van der Waals surface area contributed by atoms with Gasteiger partial charge in [-0.2, -0.15) is 10.2 Å². The predicted octanol–water partition coefficient (Wildman–Crippen LogP) is 2.02. The number of nitrogens with zero attached hydrogens (tertiary/aromatic N) is 5. The van der Waals surface area contributed by atoms with E-state index in [-0.39, 0.29) is 5.56 Å². The van der Waals surface area contributed by atoms with Gasteiger partial charge in [-0.3, -0.25) is 9.36 Å². The predicted molar refractivity (Wildman–Crippen MR) is 104 cm³/mol. The van der Waals surface area contributed by atoms with E-state index < -0.39 is 5.97 Å². The first-order valence-corrected chi connectivity index (χ1v) is 9.29. The van der Waals surface area contributed by atoms with Crippen molar-refractivity contribution in [1.29, 1.82) is 0 Å². The van der Waals surface area contributed by atoms with Crippen molar-refractivity contribution in [1.82, 2.24) is 19.6 Å². The zero-order valence-corrected chi connectivity index (χ0v) is 15.8. The molecule has 4 rings (SSSR count). The molecule has 0 spiro atoms. The Morgan fingerprint density at radius 1 is 1.07 bits per heavy atom. The summed E-state index contributed by atoms with van der Waals surface area (Å²) in [6.07, 6.45) is 5.46. The van der Waals surface area contributed by atoms with Crippen LogP contribution in [0, 0.1) is 6.92 Å². The van der Waals surface area contributed by atoms with Gasteiger partial charge < -0.3 is 14.7 Å². The Hall–Kier alpha value is -3.13. The number of hydrogen-bond donors (Lipinski definition) is 1. The van der Waals surface area contributed by atoms with Crippen molar-refractivity contribution in [2.45, 2.75) is 20.0 Å². The molecule has 1 fully saturated rings. The van der Waals surface area contributed by atoms with Gasteiger partial charge in [-0.05, 0) is 23.6 Å². The number of aryl methyl sites for hydroxylation is 1. The second-order valence-electron chi connectivity index (χ2n) is 7.00. The summed E-state index contributed by atoms with van der Waals surface area (Å²) in [5.41, 5.74) is 3.59. The first kappa shape index (κ1) is 18.2. The van der Waals surface area contributed by atoms with Crippen molar-refractivity contribution >= 4 is 11.8 Å². The second kappa shape index (κ2) is 7.85. The Bertz CT molecular complexity index is 955. The molecule has 1 aliphatic rings. The molecule has 0 saturated carbocycles. The molecular weight excluding hydrogens is 358 g/mol.